The quantitative estimate of drug-likeness (QED) is 0.849. The predicted molar refractivity (Wildman–Crippen MR) is 66.0 cm³/mol. The van der Waals surface area contributed by atoms with Crippen LogP contribution in [0.25, 0.3) is 0 Å². The van der Waals surface area contributed by atoms with E-state index in [2.05, 4.69) is 34.8 Å². The van der Waals surface area contributed by atoms with Crippen LogP contribution in [0.1, 0.15) is 25.3 Å². The van der Waals surface area contributed by atoms with Gasteiger partial charge in [-0.25, -0.2) is 4.98 Å². The van der Waals surface area contributed by atoms with Gasteiger partial charge in [-0.05, 0) is 51.4 Å². The van der Waals surface area contributed by atoms with Crippen molar-refractivity contribution in [2.75, 3.05) is 6.54 Å². The van der Waals surface area contributed by atoms with E-state index in [1.54, 1.807) is 6.20 Å². The van der Waals surface area contributed by atoms with E-state index in [9.17, 15) is 0 Å². The summed E-state index contributed by atoms with van der Waals surface area (Å²) in [4.78, 5) is 4.04. The Kier molecular flexibility index (Phi) is 2.82. The summed E-state index contributed by atoms with van der Waals surface area (Å²) in [5.74, 6) is 1.05. The van der Waals surface area contributed by atoms with Gasteiger partial charge in [-0.2, -0.15) is 0 Å². The van der Waals surface area contributed by atoms with Crippen LogP contribution in [0.3, 0.4) is 0 Å². The molecule has 2 atom stereocenters. The smallest absolute Gasteiger partial charge is 0.129 e. The van der Waals surface area contributed by atoms with Gasteiger partial charge < -0.3 is 5.73 Å². The number of nitrogens with two attached hydrogens (primary N) is 1. The molecule has 0 unspecified atom stereocenters. The summed E-state index contributed by atoms with van der Waals surface area (Å²) in [6.45, 7) is 5.22. The molecule has 0 amide bonds. The molecule has 0 radical (unpaired) electrons. The number of aromatic nitrogens is 1. The molecule has 1 fully saturated rings. The number of hydrogen-bond donors (Lipinski definition) is 1. The van der Waals surface area contributed by atoms with Gasteiger partial charge in [-0.15, -0.1) is 0 Å². The molecule has 2 N–H and O–H groups in total. The van der Waals surface area contributed by atoms with Gasteiger partial charge in [0.25, 0.3) is 0 Å². The molecule has 1 aliphatic rings. The van der Waals surface area contributed by atoms with E-state index >= 15 is 0 Å². The van der Waals surface area contributed by atoms with Crippen LogP contribution in [-0.2, 0) is 0 Å². The molecule has 15 heavy (non-hydrogen) atoms. The molecule has 2 rings (SSSR count). The molecule has 1 aliphatic carbocycles. The fraction of sp³-hybridized carbons (Fsp3) is 0.545. The van der Waals surface area contributed by atoms with Crippen LogP contribution in [0, 0.1) is 11.3 Å². The maximum absolute atomic E-state index is 5.91. The van der Waals surface area contributed by atoms with Crippen molar-refractivity contribution in [3.8, 4) is 0 Å². The second-order valence-electron chi connectivity index (χ2n) is 4.67. The third kappa shape index (κ3) is 1.81. The molecule has 82 valence electrons. The van der Waals surface area contributed by atoms with Crippen molar-refractivity contribution < 1.29 is 0 Å². The summed E-state index contributed by atoms with van der Waals surface area (Å²) < 4.78 is 1.03. The van der Waals surface area contributed by atoms with Crippen LogP contribution in [-0.4, -0.2) is 11.5 Å². The van der Waals surface area contributed by atoms with Crippen LogP contribution in [0.4, 0.5) is 0 Å². The van der Waals surface area contributed by atoms with Crippen molar-refractivity contribution in [1.29, 1.82) is 0 Å². The van der Waals surface area contributed by atoms with Gasteiger partial charge in [0.1, 0.15) is 5.15 Å². The van der Waals surface area contributed by atoms with Crippen LogP contribution in [0.2, 0.25) is 5.15 Å². The highest BCUT2D eigenvalue weighted by atomic mass is 79.9. The molecule has 0 aliphatic heterocycles. The number of hydrogen-bond acceptors (Lipinski definition) is 2. The largest absolute Gasteiger partial charge is 0.330 e. The number of rotatable bonds is 2. The van der Waals surface area contributed by atoms with Gasteiger partial charge in [-0.1, -0.05) is 25.4 Å². The summed E-state index contributed by atoms with van der Waals surface area (Å²) in [5.41, 5.74) is 7.27. The number of pyridine rings is 1. The van der Waals surface area contributed by atoms with E-state index in [0.29, 0.717) is 17.0 Å². The van der Waals surface area contributed by atoms with Gasteiger partial charge in [-0.3, -0.25) is 0 Å². The highest BCUT2D eigenvalue weighted by molar-refractivity contribution is 9.10. The fourth-order valence-electron chi connectivity index (χ4n) is 2.47. The second kappa shape index (κ2) is 3.72. The molecular weight excluding hydrogens is 275 g/mol. The minimum absolute atomic E-state index is 0.280. The topological polar surface area (TPSA) is 38.9 Å². The van der Waals surface area contributed by atoms with E-state index in [1.807, 2.05) is 6.07 Å². The molecule has 1 aromatic rings. The summed E-state index contributed by atoms with van der Waals surface area (Å²) in [6.07, 6.45) is 1.76. The van der Waals surface area contributed by atoms with Crippen molar-refractivity contribution >= 4 is 27.5 Å². The summed E-state index contributed by atoms with van der Waals surface area (Å²) in [5, 5.41) is 0.548. The molecule has 2 nitrogen and oxygen atoms in total. The molecule has 0 bridgehead atoms. The molecule has 4 heteroatoms. The average Bonchev–Trinajstić information content (AvgIpc) is 2.72. The molecule has 1 aromatic heterocycles. The molecule has 1 heterocycles. The van der Waals surface area contributed by atoms with Gasteiger partial charge in [0.2, 0.25) is 0 Å². The van der Waals surface area contributed by atoms with Crippen molar-refractivity contribution in [3.63, 3.8) is 0 Å². The zero-order chi connectivity index (χ0) is 11.2. The zero-order valence-corrected chi connectivity index (χ0v) is 11.1. The highest BCUT2D eigenvalue weighted by Crippen LogP contribution is 2.64. The van der Waals surface area contributed by atoms with Crippen LogP contribution < -0.4 is 5.73 Å². The molecule has 0 spiro atoms. The Labute approximate surface area is 103 Å². The van der Waals surface area contributed by atoms with Crippen molar-refractivity contribution in [1.82, 2.24) is 4.98 Å². The summed E-state index contributed by atoms with van der Waals surface area (Å²) in [7, 11) is 0. The van der Waals surface area contributed by atoms with Gasteiger partial charge >= 0.3 is 0 Å². The second-order valence-corrected chi connectivity index (χ2v) is 5.91. The lowest BCUT2D eigenvalue weighted by molar-refractivity contribution is 0.558. The van der Waals surface area contributed by atoms with Crippen LogP contribution >= 0.6 is 27.5 Å². The van der Waals surface area contributed by atoms with E-state index < -0.39 is 0 Å². The fourth-order valence-corrected chi connectivity index (χ4v) is 3.10. The first-order chi connectivity index (χ1) is 6.98. The molecular formula is C11H14BrClN2. The van der Waals surface area contributed by atoms with Crippen LogP contribution in [0.15, 0.2) is 16.7 Å². The van der Waals surface area contributed by atoms with Crippen LogP contribution in [0.5, 0.6) is 0 Å². The Hall–Kier alpha value is -0.120. The molecule has 1 saturated carbocycles. The Morgan fingerprint density at radius 3 is 2.80 bits per heavy atom. The highest BCUT2D eigenvalue weighted by Gasteiger charge is 2.57. The third-order valence-corrected chi connectivity index (χ3v) is 4.36. The van der Waals surface area contributed by atoms with E-state index in [1.165, 1.54) is 5.56 Å². The van der Waals surface area contributed by atoms with E-state index in [0.717, 1.165) is 11.0 Å². The lowest BCUT2D eigenvalue weighted by Gasteiger charge is -2.05. The van der Waals surface area contributed by atoms with Gasteiger partial charge in [0, 0.05) is 10.7 Å². The zero-order valence-electron chi connectivity index (χ0n) is 8.80. The Balaban J connectivity index is 2.36. The normalized spacial score (nSPS) is 27.8. The first kappa shape index (κ1) is 11.4. The monoisotopic (exact) mass is 288 g/mol. The first-order valence-corrected chi connectivity index (χ1v) is 6.16. The average molecular weight is 290 g/mol. The van der Waals surface area contributed by atoms with Crippen molar-refractivity contribution in [2.45, 2.75) is 19.8 Å². The van der Waals surface area contributed by atoms with Crippen molar-refractivity contribution in [2.24, 2.45) is 17.1 Å². The van der Waals surface area contributed by atoms with Gasteiger partial charge in [0.15, 0.2) is 0 Å². The first-order valence-electron chi connectivity index (χ1n) is 4.99. The standard InChI is InChI=1S/C11H14BrClN2/c1-11(2)7(4-14)10(11)6-3-9(13)15-5-8(6)12/h3,5,7,10H,4,14H2,1-2H3/t7-,10-/m1/s1. The SMILES string of the molecule is CC1(C)[C@H](CN)[C@H]1c1cc(Cl)ncc1Br. The summed E-state index contributed by atoms with van der Waals surface area (Å²) in [6, 6.07) is 1.94. The van der Waals surface area contributed by atoms with Crippen molar-refractivity contribution in [3.05, 3.63) is 27.5 Å². The molecule has 0 saturated heterocycles. The maximum Gasteiger partial charge on any atom is 0.129 e. The Bertz CT molecular complexity index is 392. The Morgan fingerprint density at radius 2 is 2.27 bits per heavy atom. The number of halogens is 2. The van der Waals surface area contributed by atoms with E-state index in [4.69, 9.17) is 17.3 Å². The minimum atomic E-state index is 0.280. The maximum atomic E-state index is 5.91. The third-order valence-electron chi connectivity index (χ3n) is 3.49. The lowest BCUT2D eigenvalue weighted by atomic mass is 10.0. The predicted octanol–water partition coefficient (Wildman–Crippen LogP) is 3.20. The Morgan fingerprint density at radius 1 is 1.60 bits per heavy atom. The number of nitrogens with zero attached hydrogens (tertiary/aromatic N) is 1. The van der Waals surface area contributed by atoms with Gasteiger partial charge in [0.05, 0.1) is 0 Å². The summed E-state index contributed by atoms with van der Waals surface area (Å²) >= 11 is 9.43. The molecule has 0 aromatic carbocycles. The van der Waals surface area contributed by atoms with E-state index in [-0.39, 0.29) is 5.41 Å². The minimum Gasteiger partial charge on any atom is -0.330 e. The lowest BCUT2D eigenvalue weighted by Crippen LogP contribution is -2.05.